The summed E-state index contributed by atoms with van der Waals surface area (Å²) in [6.45, 7) is 4.01. The summed E-state index contributed by atoms with van der Waals surface area (Å²) in [5.74, 6) is 0.902. The van der Waals surface area contributed by atoms with Gasteiger partial charge in [0.2, 0.25) is 0 Å². The van der Waals surface area contributed by atoms with E-state index in [4.69, 9.17) is 16.0 Å². The zero-order valence-electron chi connectivity index (χ0n) is 8.08. The summed E-state index contributed by atoms with van der Waals surface area (Å²) in [5.41, 5.74) is 1.03. The molecule has 0 amide bonds. The zero-order chi connectivity index (χ0) is 10.1. The molecule has 0 radical (unpaired) electrons. The van der Waals surface area contributed by atoms with E-state index in [-0.39, 0.29) is 5.38 Å². The van der Waals surface area contributed by atoms with Crippen molar-refractivity contribution in [3.63, 3.8) is 0 Å². The van der Waals surface area contributed by atoms with Crippen molar-refractivity contribution in [3.8, 4) is 0 Å². The van der Waals surface area contributed by atoms with E-state index in [1.807, 2.05) is 13.0 Å². The van der Waals surface area contributed by atoms with Crippen LogP contribution in [0.5, 0.6) is 0 Å². The average Bonchev–Trinajstić information content (AvgIpc) is 2.73. The molecule has 0 aliphatic heterocycles. The summed E-state index contributed by atoms with van der Waals surface area (Å²) in [7, 11) is 0. The van der Waals surface area contributed by atoms with Crippen molar-refractivity contribution in [2.75, 3.05) is 0 Å². The zero-order valence-corrected chi connectivity index (χ0v) is 9.65. The maximum atomic E-state index is 6.31. The first-order chi connectivity index (χ1) is 6.66. The van der Waals surface area contributed by atoms with Crippen molar-refractivity contribution < 1.29 is 4.42 Å². The third-order valence-corrected chi connectivity index (χ3v) is 3.74. The molecule has 1 atom stereocenters. The minimum absolute atomic E-state index is 0.0776. The second-order valence-corrected chi connectivity index (χ2v) is 5.06. The second-order valence-electron chi connectivity index (χ2n) is 3.30. The fraction of sp³-hybridized carbons (Fsp3) is 0.273. The van der Waals surface area contributed by atoms with Crippen LogP contribution in [0.3, 0.4) is 0 Å². The predicted molar refractivity (Wildman–Crippen MR) is 60.2 cm³/mol. The van der Waals surface area contributed by atoms with Crippen LogP contribution in [0.15, 0.2) is 28.9 Å². The number of halogens is 1. The number of hydrogen-bond acceptors (Lipinski definition) is 2. The molecule has 14 heavy (non-hydrogen) atoms. The Morgan fingerprint density at radius 2 is 2.14 bits per heavy atom. The van der Waals surface area contributed by atoms with Crippen molar-refractivity contribution >= 4 is 22.9 Å². The van der Waals surface area contributed by atoms with Gasteiger partial charge in [0.05, 0.1) is 11.6 Å². The van der Waals surface area contributed by atoms with Crippen molar-refractivity contribution in [2.24, 2.45) is 0 Å². The van der Waals surface area contributed by atoms with Crippen molar-refractivity contribution in [1.82, 2.24) is 0 Å². The standard InChI is InChI=1S/C11H11ClOS/c1-7-5-9(6-13-7)11(12)10-4-3-8(2)14-10/h3-6,11H,1-2H3. The summed E-state index contributed by atoms with van der Waals surface area (Å²) in [5, 5.41) is -0.0776. The highest BCUT2D eigenvalue weighted by atomic mass is 35.5. The fourth-order valence-electron chi connectivity index (χ4n) is 1.35. The molecule has 0 aromatic carbocycles. The van der Waals surface area contributed by atoms with E-state index in [9.17, 15) is 0 Å². The van der Waals surface area contributed by atoms with Crippen LogP contribution in [0.25, 0.3) is 0 Å². The van der Waals surface area contributed by atoms with Crippen LogP contribution in [0.4, 0.5) is 0 Å². The molecule has 2 heterocycles. The van der Waals surface area contributed by atoms with Gasteiger partial charge in [0.15, 0.2) is 0 Å². The fourth-order valence-corrected chi connectivity index (χ4v) is 2.55. The normalized spacial score (nSPS) is 13.1. The number of thiophene rings is 1. The lowest BCUT2D eigenvalue weighted by Crippen LogP contribution is -1.85. The summed E-state index contributed by atoms with van der Waals surface area (Å²) < 4.78 is 5.23. The minimum Gasteiger partial charge on any atom is -0.469 e. The molecule has 0 aliphatic carbocycles. The topological polar surface area (TPSA) is 13.1 Å². The number of furan rings is 1. The Labute approximate surface area is 92.3 Å². The number of aryl methyl sites for hydroxylation is 2. The summed E-state index contributed by atoms with van der Waals surface area (Å²) in [4.78, 5) is 2.45. The van der Waals surface area contributed by atoms with Gasteiger partial charge in [-0.3, -0.25) is 0 Å². The van der Waals surface area contributed by atoms with Crippen LogP contribution in [-0.2, 0) is 0 Å². The number of hydrogen-bond donors (Lipinski definition) is 0. The lowest BCUT2D eigenvalue weighted by atomic mass is 10.2. The highest BCUT2D eigenvalue weighted by molar-refractivity contribution is 7.12. The molecule has 2 aromatic rings. The van der Waals surface area contributed by atoms with Crippen LogP contribution >= 0.6 is 22.9 Å². The lowest BCUT2D eigenvalue weighted by Gasteiger charge is -2.02. The molecule has 1 nitrogen and oxygen atoms in total. The van der Waals surface area contributed by atoms with Gasteiger partial charge in [0, 0.05) is 15.3 Å². The molecular weight excluding hydrogens is 216 g/mol. The highest BCUT2D eigenvalue weighted by Gasteiger charge is 2.14. The minimum atomic E-state index is -0.0776. The Kier molecular flexibility index (Phi) is 2.66. The summed E-state index contributed by atoms with van der Waals surface area (Å²) in [6.07, 6.45) is 1.72. The maximum Gasteiger partial charge on any atom is 0.101 e. The summed E-state index contributed by atoms with van der Waals surface area (Å²) in [6, 6.07) is 6.13. The molecule has 2 aromatic heterocycles. The van der Waals surface area contributed by atoms with Crippen LogP contribution in [0.1, 0.15) is 26.5 Å². The first kappa shape index (κ1) is 9.81. The second kappa shape index (κ2) is 3.79. The molecule has 0 saturated carbocycles. The van der Waals surface area contributed by atoms with Crippen molar-refractivity contribution in [1.29, 1.82) is 0 Å². The van der Waals surface area contributed by atoms with Crippen LogP contribution < -0.4 is 0 Å². The van der Waals surface area contributed by atoms with Gasteiger partial charge in [-0.1, -0.05) is 0 Å². The Bertz CT molecular complexity index is 390. The largest absolute Gasteiger partial charge is 0.469 e. The summed E-state index contributed by atoms with van der Waals surface area (Å²) >= 11 is 8.04. The molecule has 3 heteroatoms. The molecular formula is C11H11ClOS. The SMILES string of the molecule is Cc1cc(C(Cl)c2ccc(C)s2)co1. The smallest absolute Gasteiger partial charge is 0.101 e. The number of rotatable bonds is 2. The first-order valence-electron chi connectivity index (χ1n) is 4.42. The predicted octanol–water partition coefficient (Wildman–Crippen LogP) is 4.29. The maximum absolute atomic E-state index is 6.31. The molecule has 0 fully saturated rings. The highest BCUT2D eigenvalue weighted by Crippen LogP contribution is 2.34. The monoisotopic (exact) mass is 226 g/mol. The average molecular weight is 227 g/mol. The van der Waals surface area contributed by atoms with E-state index in [0.29, 0.717) is 0 Å². The Morgan fingerprint density at radius 1 is 1.36 bits per heavy atom. The quantitative estimate of drug-likeness (QED) is 0.697. The van der Waals surface area contributed by atoms with Crippen molar-refractivity contribution in [3.05, 3.63) is 45.5 Å². The van der Waals surface area contributed by atoms with Crippen molar-refractivity contribution in [2.45, 2.75) is 19.2 Å². The van der Waals surface area contributed by atoms with Gasteiger partial charge in [0.1, 0.15) is 5.76 Å². The first-order valence-corrected chi connectivity index (χ1v) is 5.67. The molecule has 0 aliphatic rings. The third kappa shape index (κ3) is 1.86. The van der Waals surface area contributed by atoms with Crippen LogP contribution in [-0.4, -0.2) is 0 Å². The Balaban J connectivity index is 2.28. The van der Waals surface area contributed by atoms with E-state index in [1.165, 1.54) is 9.75 Å². The van der Waals surface area contributed by atoms with Gasteiger partial charge >= 0.3 is 0 Å². The van der Waals surface area contributed by atoms with E-state index < -0.39 is 0 Å². The van der Waals surface area contributed by atoms with E-state index in [0.717, 1.165) is 11.3 Å². The molecule has 0 saturated heterocycles. The van der Waals surface area contributed by atoms with E-state index >= 15 is 0 Å². The molecule has 74 valence electrons. The van der Waals surface area contributed by atoms with E-state index in [1.54, 1.807) is 17.6 Å². The molecule has 2 rings (SSSR count). The third-order valence-electron chi connectivity index (χ3n) is 2.05. The molecule has 0 spiro atoms. The van der Waals surface area contributed by atoms with Crippen LogP contribution in [0.2, 0.25) is 0 Å². The molecule has 0 N–H and O–H groups in total. The van der Waals surface area contributed by atoms with Gasteiger partial charge in [-0.25, -0.2) is 0 Å². The van der Waals surface area contributed by atoms with Gasteiger partial charge in [-0.15, -0.1) is 22.9 Å². The van der Waals surface area contributed by atoms with Gasteiger partial charge in [-0.05, 0) is 32.0 Å². The van der Waals surface area contributed by atoms with Gasteiger partial charge in [0.25, 0.3) is 0 Å². The lowest BCUT2D eigenvalue weighted by molar-refractivity contribution is 0.532. The molecule has 0 bridgehead atoms. The number of alkyl halides is 1. The van der Waals surface area contributed by atoms with E-state index in [2.05, 4.69) is 19.1 Å². The molecule has 1 unspecified atom stereocenters. The van der Waals surface area contributed by atoms with Crippen LogP contribution in [0, 0.1) is 13.8 Å². The Morgan fingerprint density at radius 3 is 2.64 bits per heavy atom. The van der Waals surface area contributed by atoms with Gasteiger partial charge in [-0.2, -0.15) is 0 Å². The van der Waals surface area contributed by atoms with Gasteiger partial charge < -0.3 is 4.42 Å². The Hall–Kier alpha value is -0.730.